The van der Waals surface area contributed by atoms with E-state index >= 15 is 0 Å². The summed E-state index contributed by atoms with van der Waals surface area (Å²) in [6, 6.07) is 13.3. The quantitative estimate of drug-likeness (QED) is 0.811. The Morgan fingerprint density at radius 3 is 2.96 bits per heavy atom. The van der Waals surface area contributed by atoms with Gasteiger partial charge < -0.3 is 20.1 Å². The summed E-state index contributed by atoms with van der Waals surface area (Å²) in [6.07, 6.45) is 0.395. The first-order chi connectivity index (χ1) is 12.6. The zero-order valence-electron chi connectivity index (χ0n) is 14.8. The maximum atomic E-state index is 12.2. The average Bonchev–Trinajstić information content (AvgIpc) is 2.63. The highest BCUT2D eigenvalue weighted by atomic mass is 35.5. The van der Waals surface area contributed by atoms with Gasteiger partial charge in [0.25, 0.3) is 0 Å². The first kappa shape index (κ1) is 18.7. The average molecular weight is 375 g/mol. The van der Waals surface area contributed by atoms with Crippen molar-refractivity contribution in [2.24, 2.45) is 0 Å². The largest absolute Gasteiger partial charge is 0.489 e. The van der Waals surface area contributed by atoms with Crippen molar-refractivity contribution in [1.29, 1.82) is 0 Å². The zero-order chi connectivity index (χ0) is 18.4. The number of aryl methyl sites for hydroxylation is 1. The van der Waals surface area contributed by atoms with E-state index in [-0.39, 0.29) is 11.9 Å². The van der Waals surface area contributed by atoms with Crippen molar-refractivity contribution >= 4 is 23.2 Å². The van der Waals surface area contributed by atoms with Crippen molar-refractivity contribution in [2.75, 3.05) is 25.1 Å². The van der Waals surface area contributed by atoms with E-state index in [1.54, 1.807) is 0 Å². The Bertz CT molecular complexity index is 760. The second-order valence-corrected chi connectivity index (χ2v) is 6.81. The molecule has 1 fully saturated rings. The van der Waals surface area contributed by atoms with Crippen molar-refractivity contribution in [3.8, 4) is 5.75 Å². The van der Waals surface area contributed by atoms with Gasteiger partial charge in [0.2, 0.25) is 5.91 Å². The molecular formula is C20H23ClN2O3. The van der Waals surface area contributed by atoms with Crippen LogP contribution in [0.4, 0.5) is 5.69 Å². The summed E-state index contributed by atoms with van der Waals surface area (Å²) in [5, 5.41) is 6.93. The number of benzene rings is 2. The summed E-state index contributed by atoms with van der Waals surface area (Å²) in [6.45, 7) is 4.45. The SMILES string of the molecule is Cc1cc(OCc2cccc(Cl)c2)ccc1NC(=O)CC1COCCN1. The second kappa shape index (κ2) is 9.03. The highest BCUT2D eigenvalue weighted by molar-refractivity contribution is 6.30. The highest BCUT2D eigenvalue weighted by Gasteiger charge is 2.17. The number of halogens is 1. The molecule has 1 amide bonds. The molecule has 5 nitrogen and oxygen atoms in total. The molecule has 2 aromatic rings. The lowest BCUT2D eigenvalue weighted by molar-refractivity contribution is -0.117. The Kier molecular flexibility index (Phi) is 6.50. The molecule has 0 aliphatic carbocycles. The van der Waals surface area contributed by atoms with E-state index in [9.17, 15) is 4.79 Å². The lowest BCUT2D eigenvalue weighted by Crippen LogP contribution is -2.43. The van der Waals surface area contributed by atoms with Crippen LogP contribution < -0.4 is 15.4 Å². The summed E-state index contributed by atoms with van der Waals surface area (Å²) < 4.78 is 11.2. The van der Waals surface area contributed by atoms with Gasteiger partial charge in [-0.25, -0.2) is 0 Å². The molecule has 0 radical (unpaired) electrons. The molecule has 0 bridgehead atoms. The number of amides is 1. The van der Waals surface area contributed by atoms with E-state index in [0.29, 0.717) is 31.3 Å². The van der Waals surface area contributed by atoms with Crippen LogP contribution in [0.25, 0.3) is 0 Å². The molecule has 138 valence electrons. The van der Waals surface area contributed by atoms with Gasteiger partial charge in [-0.3, -0.25) is 4.79 Å². The second-order valence-electron chi connectivity index (χ2n) is 6.37. The van der Waals surface area contributed by atoms with E-state index in [1.807, 2.05) is 49.4 Å². The van der Waals surface area contributed by atoms with E-state index < -0.39 is 0 Å². The van der Waals surface area contributed by atoms with Crippen LogP contribution >= 0.6 is 11.6 Å². The minimum Gasteiger partial charge on any atom is -0.489 e. The first-order valence-electron chi connectivity index (χ1n) is 8.69. The van der Waals surface area contributed by atoms with Crippen LogP contribution in [-0.4, -0.2) is 31.7 Å². The van der Waals surface area contributed by atoms with Crippen LogP contribution in [0.3, 0.4) is 0 Å². The van der Waals surface area contributed by atoms with Crippen molar-refractivity contribution in [1.82, 2.24) is 5.32 Å². The van der Waals surface area contributed by atoms with Crippen molar-refractivity contribution in [3.05, 3.63) is 58.6 Å². The normalized spacial score (nSPS) is 16.9. The van der Waals surface area contributed by atoms with Crippen LogP contribution in [0.15, 0.2) is 42.5 Å². The van der Waals surface area contributed by atoms with Crippen LogP contribution in [-0.2, 0) is 16.1 Å². The Balaban J connectivity index is 1.54. The monoisotopic (exact) mass is 374 g/mol. The molecule has 3 rings (SSSR count). The number of carbonyl (C=O) groups excluding carboxylic acids is 1. The topological polar surface area (TPSA) is 59.6 Å². The molecule has 2 N–H and O–H groups in total. The van der Waals surface area contributed by atoms with E-state index in [0.717, 1.165) is 29.1 Å². The van der Waals surface area contributed by atoms with E-state index in [1.165, 1.54) is 0 Å². The van der Waals surface area contributed by atoms with Gasteiger partial charge in [-0.2, -0.15) is 0 Å². The maximum absolute atomic E-state index is 12.2. The fourth-order valence-electron chi connectivity index (χ4n) is 2.84. The third kappa shape index (κ3) is 5.46. The Labute approximate surface area is 158 Å². The van der Waals surface area contributed by atoms with Gasteiger partial charge in [0.05, 0.1) is 13.2 Å². The van der Waals surface area contributed by atoms with Crippen LogP contribution in [0.5, 0.6) is 5.75 Å². The van der Waals surface area contributed by atoms with Gasteiger partial charge in [0.15, 0.2) is 0 Å². The molecular weight excluding hydrogens is 352 g/mol. The van der Waals surface area contributed by atoms with Gasteiger partial charge in [-0.15, -0.1) is 0 Å². The lowest BCUT2D eigenvalue weighted by Gasteiger charge is -2.23. The predicted molar refractivity (Wildman–Crippen MR) is 103 cm³/mol. The number of morpholine rings is 1. The summed E-state index contributed by atoms with van der Waals surface area (Å²) >= 11 is 5.98. The van der Waals surface area contributed by atoms with Gasteiger partial charge in [0.1, 0.15) is 12.4 Å². The molecule has 1 heterocycles. The number of anilines is 1. The molecule has 6 heteroatoms. The standard InChI is InChI=1S/C20H23ClN2O3/c1-14-9-18(26-12-15-3-2-4-16(21)10-15)5-6-19(14)23-20(24)11-17-13-25-8-7-22-17/h2-6,9-10,17,22H,7-8,11-13H2,1H3,(H,23,24). The summed E-state index contributed by atoms with van der Waals surface area (Å²) in [5.74, 6) is 0.728. The lowest BCUT2D eigenvalue weighted by atomic mass is 10.1. The van der Waals surface area contributed by atoms with Crippen LogP contribution in [0.1, 0.15) is 17.5 Å². The molecule has 1 aliphatic heterocycles. The molecule has 0 spiro atoms. The Morgan fingerprint density at radius 2 is 2.23 bits per heavy atom. The third-order valence-corrected chi connectivity index (χ3v) is 4.43. The minimum absolute atomic E-state index is 0.0244. The predicted octanol–water partition coefficient (Wildman–Crippen LogP) is 3.54. The van der Waals surface area contributed by atoms with Gasteiger partial charge in [-0.1, -0.05) is 23.7 Å². The minimum atomic E-state index is -0.0244. The van der Waals surface area contributed by atoms with Gasteiger partial charge in [0, 0.05) is 29.7 Å². The van der Waals surface area contributed by atoms with Crippen LogP contribution in [0.2, 0.25) is 5.02 Å². The molecule has 26 heavy (non-hydrogen) atoms. The smallest absolute Gasteiger partial charge is 0.226 e. The highest BCUT2D eigenvalue weighted by Crippen LogP contribution is 2.23. The number of ether oxygens (including phenoxy) is 2. The number of carbonyl (C=O) groups is 1. The Morgan fingerprint density at radius 1 is 1.35 bits per heavy atom. The van der Waals surface area contributed by atoms with Gasteiger partial charge >= 0.3 is 0 Å². The summed E-state index contributed by atoms with van der Waals surface area (Å²) in [4.78, 5) is 12.2. The van der Waals surface area contributed by atoms with Crippen molar-refractivity contribution in [3.63, 3.8) is 0 Å². The maximum Gasteiger partial charge on any atom is 0.226 e. The number of nitrogens with one attached hydrogen (secondary N) is 2. The molecule has 1 atom stereocenters. The number of hydrogen-bond donors (Lipinski definition) is 2. The number of hydrogen-bond acceptors (Lipinski definition) is 4. The van der Waals surface area contributed by atoms with Crippen molar-refractivity contribution in [2.45, 2.75) is 26.0 Å². The molecule has 1 unspecified atom stereocenters. The summed E-state index contributed by atoms with van der Waals surface area (Å²) in [5.41, 5.74) is 2.76. The Hall–Kier alpha value is -2.08. The fourth-order valence-corrected chi connectivity index (χ4v) is 3.05. The molecule has 1 saturated heterocycles. The first-order valence-corrected chi connectivity index (χ1v) is 9.07. The molecule has 0 aromatic heterocycles. The molecule has 0 saturated carbocycles. The molecule has 2 aromatic carbocycles. The van der Waals surface area contributed by atoms with Crippen molar-refractivity contribution < 1.29 is 14.3 Å². The molecule has 1 aliphatic rings. The zero-order valence-corrected chi connectivity index (χ0v) is 15.5. The van der Waals surface area contributed by atoms with Gasteiger partial charge in [-0.05, 0) is 48.4 Å². The summed E-state index contributed by atoms with van der Waals surface area (Å²) in [7, 11) is 0. The number of rotatable bonds is 6. The van der Waals surface area contributed by atoms with E-state index in [2.05, 4.69) is 10.6 Å². The van der Waals surface area contributed by atoms with E-state index in [4.69, 9.17) is 21.1 Å². The fraction of sp³-hybridized carbons (Fsp3) is 0.350. The van der Waals surface area contributed by atoms with Crippen LogP contribution in [0, 0.1) is 6.92 Å². The third-order valence-electron chi connectivity index (χ3n) is 4.20.